The molecule has 1 aromatic carbocycles. The summed E-state index contributed by atoms with van der Waals surface area (Å²) in [5.74, 6) is 0.348. The molecule has 0 spiro atoms. The van der Waals surface area contributed by atoms with E-state index in [9.17, 15) is 4.39 Å². The molecule has 1 heterocycles. The Kier molecular flexibility index (Phi) is 9.05. The van der Waals surface area contributed by atoms with E-state index in [-0.39, 0.29) is 29.8 Å². The summed E-state index contributed by atoms with van der Waals surface area (Å²) in [5, 5.41) is 0. The fourth-order valence-electron chi connectivity index (χ4n) is 2.42. The highest BCUT2D eigenvalue weighted by molar-refractivity contribution is 14.0. The third-order valence-electron chi connectivity index (χ3n) is 3.65. The first-order valence-corrected chi connectivity index (χ1v) is 7.84. The zero-order valence-corrected chi connectivity index (χ0v) is 16.4. The molecule has 1 fully saturated rings. The highest BCUT2D eigenvalue weighted by Gasteiger charge is 2.18. The highest BCUT2D eigenvalue weighted by Crippen LogP contribution is 2.16. The number of aliphatic imine (C=N–C) groups is 1. The van der Waals surface area contributed by atoms with Gasteiger partial charge >= 0.3 is 0 Å². The van der Waals surface area contributed by atoms with Crippen LogP contribution in [0.5, 0.6) is 0 Å². The maximum Gasteiger partial charge on any atom is 0.191 e. The molecule has 2 N–H and O–H groups in total. The number of halogens is 2. The Labute approximate surface area is 160 Å². The normalized spacial score (nSPS) is 15.2. The molecular formula is C17H26FIN4O. The number of ether oxygens (including phenoxy) is 1. The second-order valence-corrected chi connectivity index (χ2v) is 5.70. The predicted molar refractivity (Wildman–Crippen MR) is 108 cm³/mol. The molecule has 0 aliphatic carbocycles. The summed E-state index contributed by atoms with van der Waals surface area (Å²) in [7, 11) is 0. The summed E-state index contributed by atoms with van der Waals surface area (Å²) in [5.41, 5.74) is 8.06. The number of nitrogens with zero attached hydrogens (tertiary/aromatic N) is 3. The zero-order valence-electron chi connectivity index (χ0n) is 14.1. The molecule has 0 radical (unpaired) electrons. The number of nitrogens with two attached hydrogens (primary N) is 1. The summed E-state index contributed by atoms with van der Waals surface area (Å²) < 4.78 is 18.4. The van der Waals surface area contributed by atoms with E-state index in [1.54, 1.807) is 12.1 Å². The molecule has 0 atom stereocenters. The van der Waals surface area contributed by atoms with Crippen LogP contribution in [-0.4, -0.2) is 56.8 Å². The standard InChI is InChI=1S/C17H25FN4O.HI/c1-14(2)13-23-12-7-20-17(19)22-10-8-21(9-11-22)16-5-3-15(18)4-6-16;/h3-6H,1,7-13H2,2H3,(H2,19,20);1H. The summed E-state index contributed by atoms with van der Waals surface area (Å²) in [6, 6.07) is 6.59. The van der Waals surface area contributed by atoms with Crippen LogP contribution in [0.15, 0.2) is 41.4 Å². The van der Waals surface area contributed by atoms with Crippen LogP contribution in [-0.2, 0) is 4.74 Å². The smallest absolute Gasteiger partial charge is 0.191 e. The molecule has 2 rings (SSSR count). The van der Waals surface area contributed by atoms with E-state index in [1.807, 2.05) is 6.92 Å². The summed E-state index contributed by atoms with van der Waals surface area (Å²) in [6.45, 7) is 10.7. The van der Waals surface area contributed by atoms with Crippen LogP contribution in [0.3, 0.4) is 0 Å². The first kappa shape index (κ1) is 20.7. The van der Waals surface area contributed by atoms with Crippen molar-refractivity contribution in [3.05, 3.63) is 42.2 Å². The zero-order chi connectivity index (χ0) is 16.7. The molecule has 1 aliphatic heterocycles. The van der Waals surface area contributed by atoms with Gasteiger partial charge in [-0.2, -0.15) is 0 Å². The number of hydrogen-bond acceptors (Lipinski definition) is 3. The van der Waals surface area contributed by atoms with E-state index in [4.69, 9.17) is 10.5 Å². The van der Waals surface area contributed by atoms with Crippen LogP contribution in [0.2, 0.25) is 0 Å². The van der Waals surface area contributed by atoms with Crippen molar-refractivity contribution in [3.63, 3.8) is 0 Å². The van der Waals surface area contributed by atoms with Gasteiger partial charge in [-0.1, -0.05) is 12.2 Å². The van der Waals surface area contributed by atoms with Crippen LogP contribution >= 0.6 is 24.0 Å². The molecule has 134 valence electrons. The average molecular weight is 448 g/mol. The maximum atomic E-state index is 13.0. The van der Waals surface area contributed by atoms with Crippen LogP contribution < -0.4 is 10.6 Å². The van der Waals surface area contributed by atoms with E-state index in [0.717, 1.165) is 37.4 Å². The van der Waals surface area contributed by atoms with E-state index in [0.29, 0.717) is 25.7 Å². The van der Waals surface area contributed by atoms with Gasteiger partial charge in [0, 0.05) is 31.9 Å². The second-order valence-electron chi connectivity index (χ2n) is 5.70. The van der Waals surface area contributed by atoms with Gasteiger partial charge in [0.25, 0.3) is 0 Å². The van der Waals surface area contributed by atoms with Gasteiger partial charge in [-0.25, -0.2) is 4.39 Å². The van der Waals surface area contributed by atoms with E-state index < -0.39 is 0 Å². The first-order valence-electron chi connectivity index (χ1n) is 7.84. The van der Waals surface area contributed by atoms with Crippen molar-refractivity contribution in [1.82, 2.24) is 4.90 Å². The third-order valence-corrected chi connectivity index (χ3v) is 3.65. The topological polar surface area (TPSA) is 54.1 Å². The molecule has 0 saturated carbocycles. The van der Waals surface area contributed by atoms with Crippen LogP contribution in [0.4, 0.5) is 10.1 Å². The molecule has 1 aromatic rings. The first-order chi connectivity index (χ1) is 11.1. The van der Waals surface area contributed by atoms with E-state index in [2.05, 4.69) is 21.4 Å². The molecule has 1 saturated heterocycles. The van der Waals surface area contributed by atoms with Gasteiger partial charge in [-0.3, -0.25) is 4.99 Å². The number of anilines is 1. The van der Waals surface area contributed by atoms with Gasteiger partial charge in [0.15, 0.2) is 5.96 Å². The predicted octanol–water partition coefficient (Wildman–Crippen LogP) is 2.47. The van der Waals surface area contributed by atoms with Crippen LogP contribution in [0, 0.1) is 5.82 Å². The van der Waals surface area contributed by atoms with Gasteiger partial charge in [0.1, 0.15) is 5.82 Å². The Morgan fingerprint density at radius 2 is 1.88 bits per heavy atom. The highest BCUT2D eigenvalue weighted by atomic mass is 127. The monoisotopic (exact) mass is 448 g/mol. The summed E-state index contributed by atoms with van der Waals surface area (Å²) in [6.07, 6.45) is 0. The minimum Gasteiger partial charge on any atom is -0.375 e. The second kappa shape index (κ2) is 10.5. The Hall–Kier alpha value is -1.35. The van der Waals surface area contributed by atoms with Crippen molar-refractivity contribution in [2.45, 2.75) is 6.92 Å². The molecule has 0 aromatic heterocycles. The number of benzene rings is 1. The SMILES string of the molecule is C=C(C)COCCN=C(N)N1CCN(c2ccc(F)cc2)CC1.I. The van der Waals surface area contributed by atoms with Crippen molar-refractivity contribution in [3.8, 4) is 0 Å². The van der Waals surface area contributed by atoms with Crippen molar-refractivity contribution in [2.75, 3.05) is 50.8 Å². The average Bonchev–Trinajstić information content (AvgIpc) is 2.55. The summed E-state index contributed by atoms with van der Waals surface area (Å²) in [4.78, 5) is 8.64. The number of rotatable bonds is 6. The van der Waals surface area contributed by atoms with Gasteiger partial charge in [-0.15, -0.1) is 24.0 Å². The molecule has 0 bridgehead atoms. The maximum absolute atomic E-state index is 13.0. The van der Waals surface area contributed by atoms with Crippen molar-refractivity contribution < 1.29 is 9.13 Å². The number of piperazine rings is 1. The number of guanidine groups is 1. The largest absolute Gasteiger partial charge is 0.375 e. The number of hydrogen-bond donors (Lipinski definition) is 1. The van der Waals surface area contributed by atoms with Crippen LogP contribution in [0.25, 0.3) is 0 Å². The molecule has 7 heteroatoms. The van der Waals surface area contributed by atoms with Crippen molar-refractivity contribution in [1.29, 1.82) is 0 Å². The van der Waals surface area contributed by atoms with Crippen molar-refractivity contribution in [2.24, 2.45) is 10.7 Å². The minimum absolute atomic E-state index is 0. The molecule has 24 heavy (non-hydrogen) atoms. The lowest BCUT2D eigenvalue weighted by atomic mass is 10.2. The fourth-order valence-corrected chi connectivity index (χ4v) is 2.42. The Balaban J connectivity index is 0.00000288. The molecule has 0 unspecified atom stereocenters. The van der Waals surface area contributed by atoms with Crippen LogP contribution in [0.1, 0.15) is 6.92 Å². The van der Waals surface area contributed by atoms with E-state index >= 15 is 0 Å². The van der Waals surface area contributed by atoms with Gasteiger partial charge in [-0.05, 0) is 31.2 Å². The molecule has 1 aliphatic rings. The Morgan fingerprint density at radius 3 is 2.46 bits per heavy atom. The van der Waals surface area contributed by atoms with Gasteiger partial charge in [0.05, 0.1) is 19.8 Å². The molecule has 5 nitrogen and oxygen atoms in total. The Bertz CT molecular complexity index is 542. The fraction of sp³-hybridized carbons (Fsp3) is 0.471. The Morgan fingerprint density at radius 1 is 1.25 bits per heavy atom. The van der Waals surface area contributed by atoms with Gasteiger partial charge in [0.2, 0.25) is 0 Å². The quantitative estimate of drug-likeness (QED) is 0.239. The van der Waals surface area contributed by atoms with E-state index in [1.165, 1.54) is 12.1 Å². The third kappa shape index (κ3) is 6.64. The lowest BCUT2D eigenvalue weighted by Gasteiger charge is -2.36. The lowest BCUT2D eigenvalue weighted by Crippen LogP contribution is -2.51. The lowest BCUT2D eigenvalue weighted by molar-refractivity contribution is 0.164. The minimum atomic E-state index is -0.211. The van der Waals surface area contributed by atoms with Crippen molar-refractivity contribution >= 4 is 35.6 Å². The molecular weight excluding hydrogens is 422 g/mol. The van der Waals surface area contributed by atoms with Gasteiger partial charge < -0.3 is 20.3 Å². The summed E-state index contributed by atoms with van der Waals surface area (Å²) >= 11 is 0. The molecule has 0 amide bonds.